The van der Waals surface area contributed by atoms with E-state index in [0.717, 1.165) is 21.9 Å². The fourth-order valence-electron chi connectivity index (χ4n) is 2.72. The van der Waals surface area contributed by atoms with Gasteiger partial charge in [0.05, 0.1) is 19.2 Å². The Morgan fingerprint density at radius 2 is 2.00 bits per heavy atom. The van der Waals surface area contributed by atoms with Crippen LogP contribution in [-0.2, 0) is 20.7 Å². The molecular weight excluding hydrogens is 350 g/mol. The topological polar surface area (TPSA) is 72.7 Å². The van der Waals surface area contributed by atoms with Crippen molar-refractivity contribution in [2.75, 3.05) is 7.11 Å². The number of rotatable bonds is 6. The van der Waals surface area contributed by atoms with Crippen molar-refractivity contribution in [3.05, 3.63) is 47.6 Å². The first-order chi connectivity index (χ1) is 12.5. The molecule has 2 heterocycles. The number of carbonyl (C=O) groups is 2. The molecule has 0 saturated carbocycles. The average Bonchev–Trinajstić information content (AvgIpc) is 3.21. The van der Waals surface area contributed by atoms with Crippen LogP contribution >= 0.6 is 11.3 Å². The van der Waals surface area contributed by atoms with Crippen LogP contribution in [0.1, 0.15) is 19.5 Å². The van der Waals surface area contributed by atoms with Gasteiger partial charge in [0.25, 0.3) is 0 Å². The van der Waals surface area contributed by atoms with E-state index in [2.05, 4.69) is 10.3 Å². The minimum atomic E-state index is -0.649. The molecule has 0 spiro atoms. The zero-order valence-electron chi connectivity index (χ0n) is 14.9. The van der Waals surface area contributed by atoms with Gasteiger partial charge in [-0.3, -0.25) is 9.20 Å². The summed E-state index contributed by atoms with van der Waals surface area (Å²) in [4.78, 5) is 29.7. The first kappa shape index (κ1) is 18.1. The van der Waals surface area contributed by atoms with Crippen molar-refractivity contribution in [1.82, 2.24) is 14.7 Å². The molecular formula is C19H21N3O3S. The number of hydrogen-bond donors (Lipinski definition) is 1. The third-order valence-electron chi connectivity index (χ3n) is 4.13. The summed E-state index contributed by atoms with van der Waals surface area (Å²) in [6, 6.07) is 9.25. The molecule has 0 fully saturated rings. The van der Waals surface area contributed by atoms with Crippen molar-refractivity contribution in [1.29, 1.82) is 0 Å². The number of imidazole rings is 1. The quantitative estimate of drug-likeness (QED) is 0.676. The smallest absolute Gasteiger partial charge is 0.328 e. The van der Waals surface area contributed by atoms with Crippen LogP contribution in [0.15, 0.2) is 41.9 Å². The zero-order valence-corrected chi connectivity index (χ0v) is 15.7. The van der Waals surface area contributed by atoms with Crippen molar-refractivity contribution in [3.8, 4) is 11.3 Å². The number of hydrogen-bond acceptors (Lipinski definition) is 5. The molecule has 6 nitrogen and oxygen atoms in total. The van der Waals surface area contributed by atoms with Gasteiger partial charge in [0.1, 0.15) is 6.04 Å². The summed E-state index contributed by atoms with van der Waals surface area (Å²) in [5.41, 5.74) is 2.74. The van der Waals surface area contributed by atoms with Crippen molar-refractivity contribution in [2.45, 2.75) is 26.3 Å². The van der Waals surface area contributed by atoms with Gasteiger partial charge in [-0.1, -0.05) is 44.2 Å². The Morgan fingerprint density at radius 3 is 2.65 bits per heavy atom. The summed E-state index contributed by atoms with van der Waals surface area (Å²) >= 11 is 1.49. The van der Waals surface area contributed by atoms with E-state index >= 15 is 0 Å². The van der Waals surface area contributed by atoms with E-state index in [1.807, 2.05) is 60.2 Å². The summed E-state index contributed by atoms with van der Waals surface area (Å²) in [7, 11) is 1.32. The number of thiazole rings is 1. The molecule has 0 radical (unpaired) electrons. The molecule has 1 aromatic carbocycles. The molecule has 0 aliphatic heterocycles. The second-order valence-corrected chi connectivity index (χ2v) is 7.20. The highest BCUT2D eigenvalue weighted by atomic mass is 32.1. The number of amides is 1. The van der Waals surface area contributed by atoms with E-state index in [1.54, 1.807) is 0 Å². The Labute approximate surface area is 155 Å². The van der Waals surface area contributed by atoms with E-state index in [9.17, 15) is 9.59 Å². The second kappa shape index (κ2) is 7.70. The van der Waals surface area contributed by atoms with E-state index in [1.165, 1.54) is 18.4 Å². The number of fused-ring (bicyclic) bond motifs is 1. The number of benzene rings is 1. The molecule has 0 unspecified atom stereocenters. The summed E-state index contributed by atoms with van der Waals surface area (Å²) in [6.45, 7) is 3.74. The lowest BCUT2D eigenvalue weighted by atomic mass is 10.0. The molecule has 7 heteroatoms. The Hall–Kier alpha value is -2.67. The van der Waals surface area contributed by atoms with Gasteiger partial charge in [-0.25, -0.2) is 9.78 Å². The lowest BCUT2D eigenvalue weighted by Gasteiger charge is -2.19. The van der Waals surface area contributed by atoms with Crippen LogP contribution in [0.5, 0.6) is 0 Å². The van der Waals surface area contributed by atoms with E-state index < -0.39 is 12.0 Å². The number of nitrogens with zero attached hydrogens (tertiary/aromatic N) is 2. The summed E-state index contributed by atoms with van der Waals surface area (Å²) in [5.74, 6) is -0.701. The van der Waals surface area contributed by atoms with Crippen molar-refractivity contribution < 1.29 is 14.3 Å². The molecule has 3 aromatic rings. The first-order valence-corrected chi connectivity index (χ1v) is 9.25. The normalized spacial score (nSPS) is 12.3. The van der Waals surface area contributed by atoms with Crippen molar-refractivity contribution in [2.24, 2.45) is 5.92 Å². The van der Waals surface area contributed by atoms with E-state index in [4.69, 9.17) is 4.74 Å². The molecule has 2 aromatic heterocycles. The Balaban J connectivity index is 1.77. The van der Waals surface area contributed by atoms with Gasteiger partial charge in [0.15, 0.2) is 4.96 Å². The van der Waals surface area contributed by atoms with Gasteiger partial charge in [-0.05, 0) is 5.92 Å². The Bertz CT molecular complexity index is 915. The molecule has 0 bridgehead atoms. The molecule has 0 saturated heterocycles. The van der Waals surface area contributed by atoms with Crippen LogP contribution in [0.25, 0.3) is 16.2 Å². The lowest BCUT2D eigenvalue weighted by molar-refractivity contribution is -0.146. The van der Waals surface area contributed by atoms with E-state index in [-0.39, 0.29) is 18.2 Å². The number of nitrogens with one attached hydrogen (secondary N) is 1. The minimum Gasteiger partial charge on any atom is -0.467 e. The maximum absolute atomic E-state index is 12.4. The van der Waals surface area contributed by atoms with Crippen LogP contribution in [-0.4, -0.2) is 34.4 Å². The SMILES string of the molecule is COC(=O)[C@@H](NC(=O)Cc1csc2nc(-c3ccccc3)cn12)C(C)C. The molecule has 0 aliphatic rings. The molecule has 3 rings (SSSR count). The maximum Gasteiger partial charge on any atom is 0.328 e. The second-order valence-electron chi connectivity index (χ2n) is 6.36. The van der Waals surface area contributed by atoms with Crippen LogP contribution < -0.4 is 5.32 Å². The molecule has 1 atom stereocenters. The highest BCUT2D eigenvalue weighted by Gasteiger charge is 2.25. The lowest BCUT2D eigenvalue weighted by Crippen LogP contribution is -2.45. The van der Waals surface area contributed by atoms with Crippen LogP contribution in [0.2, 0.25) is 0 Å². The molecule has 136 valence electrons. The fraction of sp³-hybridized carbons (Fsp3) is 0.316. The van der Waals surface area contributed by atoms with Gasteiger partial charge in [0.2, 0.25) is 5.91 Å². The minimum absolute atomic E-state index is 0.0492. The fourth-order valence-corrected chi connectivity index (χ4v) is 3.59. The maximum atomic E-state index is 12.4. The third-order valence-corrected chi connectivity index (χ3v) is 5.02. The number of ether oxygens (including phenoxy) is 1. The number of aromatic nitrogens is 2. The monoisotopic (exact) mass is 371 g/mol. The predicted molar refractivity (Wildman–Crippen MR) is 101 cm³/mol. The van der Waals surface area contributed by atoms with Gasteiger partial charge in [-0.2, -0.15) is 0 Å². The number of carbonyl (C=O) groups excluding carboxylic acids is 2. The van der Waals surface area contributed by atoms with Gasteiger partial charge in [-0.15, -0.1) is 11.3 Å². The van der Waals surface area contributed by atoms with E-state index in [0.29, 0.717) is 0 Å². The predicted octanol–water partition coefficient (Wildman–Crippen LogP) is 2.92. The van der Waals surface area contributed by atoms with Gasteiger partial charge >= 0.3 is 5.97 Å². The van der Waals surface area contributed by atoms with Gasteiger partial charge in [0, 0.05) is 22.8 Å². The highest BCUT2D eigenvalue weighted by Crippen LogP contribution is 2.23. The molecule has 0 aliphatic carbocycles. The van der Waals surface area contributed by atoms with Crippen molar-refractivity contribution in [3.63, 3.8) is 0 Å². The van der Waals surface area contributed by atoms with Crippen LogP contribution in [0.3, 0.4) is 0 Å². The summed E-state index contributed by atoms with van der Waals surface area (Å²) in [6.07, 6.45) is 2.11. The zero-order chi connectivity index (χ0) is 18.7. The number of methoxy groups -OCH3 is 1. The summed E-state index contributed by atoms with van der Waals surface area (Å²) < 4.78 is 6.69. The molecule has 26 heavy (non-hydrogen) atoms. The van der Waals surface area contributed by atoms with Crippen LogP contribution in [0.4, 0.5) is 0 Å². The Morgan fingerprint density at radius 1 is 1.27 bits per heavy atom. The summed E-state index contributed by atoms with van der Waals surface area (Å²) in [5, 5.41) is 4.68. The number of esters is 1. The molecule has 1 N–H and O–H groups in total. The largest absolute Gasteiger partial charge is 0.467 e. The Kier molecular flexibility index (Phi) is 5.37. The first-order valence-electron chi connectivity index (χ1n) is 8.37. The van der Waals surface area contributed by atoms with Gasteiger partial charge < -0.3 is 10.1 Å². The third kappa shape index (κ3) is 3.77. The average molecular weight is 371 g/mol. The standard InChI is InChI=1S/C19H21N3O3S/c1-12(2)17(18(24)25-3)21-16(23)9-14-11-26-19-20-15(10-22(14)19)13-7-5-4-6-8-13/h4-8,10-12,17H,9H2,1-3H3,(H,21,23)/t17-/m0/s1. The molecule has 1 amide bonds. The van der Waals surface area contributed by atoms with Crippen molar-refractivity contribution >= 4 is 28.2 Å². The highest BCUT2D eigenvalue weighted by molar-refractivity contribution is 7.15. The van der Waals surface area contributed by atoms with Crippen LogP contribution in [0, 0.1) is 5.92 Å².